The number of ether oxygens (including phenoxy) is 1. The van der Waals surface area contributed by atoms with Gasteiger partial charge in [-0.25, -0.2) is 0 Å². The third-order valence-corrected chi connectivity index (χ3v) is 3.02. The number of aliphatic hydroxyl groups excluding tert-OH is 1. The summed E-state index contributed by atoms with van der Waals surface area (Å²) < 4.78 is 5.31. The highest BCUT2D eigenvalue weighted by molar-refractivity contribution is 5.21. The summed E-state index contributed by atoms with van der Waals surface area (Å²) >= 11 is 0. The molecule has 1 aromatic carbocycles. The van der Waals surface area contributed by atoms with E-state index in [0.717, 1.165) is 38.2 Å². The van der Waals surface area contributed by atoms with E-state index in [2.05, 4.69) is 17.4 Å². The molecule has 1 heterocycles. The molecule has 88 valence electrons. The van der Waals surface area contributed by atoms with Crippen molar-refractivity contribution < 1.29 is 9.84 Å². The van der Waals surface area contributed by atoms with E-state index in [-0.39, 0.29) is 6.61 Å². The van der Waals surface area contributed by atoms with Gasteiger partial charge in [0.25, 0.3) is 0 Å². The Morgan fingerprint density at radius 2 is 1.75 bits per heavy atom. The van der Waals surface area contributed by atoms with Crippen LogP contribution in [0.2, 0.25) is 0 Å². The van der Waals surface area contributed by atoms with Crippen LogP contribution in [0.1, 0.15) is 24.0 Å². The minimum Gasteiger partial charge on any atom is -0.392 e. The van der Waals surface area contributed by atoms with Crippen LogP contribution in [-0.4, -0.2) is 24.4 Å². The van der Waals surface area contributed by atoms with E-state index in [1.165, 1.54) is 5.56 Å². The van der Waals surface area contributed by atoms with E-state index in [1.54, 1.807) is 0 Å². The van der Waals surface area contributed by atoms with Crippen LogP contribution in [-0.2, 0) is 17.9 Å². The van der Waals surface area contributed by atoms with E-state index < -0.39 is 0 Å². The summed E-state index contributed by atoms with van der Waals surface area (Å²) in [5.74, 6) is 0. The molecule has 1 aromatic rings. The van der Waals surface area contributed by atoms with Crippen molar-refractivity contribution in [3.63, 3.8) is 0 Å². The highest BCUT2D eigenvalue weighted by Crippen LogP contribution is 2.09. The highest BCUT2D eigenvalue weighted by Gasteiger charge is 2.12. The van der Waals surface area contributed by atoms with Crippen LogP contribution in [0.5, 0.6) is 0 Å². The van der Waals surface area contributed by atoms with Crippen molar-refractivity contribution in [1.29, 1.82) is 0 Å². The van der Waals surface area contributed by atoms with Gasteiger partial charge < -0.3 is 15.2 Å². The van der Waals surface area contributed by atoms with Crippen LogP contribution in [0.25, 0.3) is 0 Å². The summed E-state index contributed by atoms with van der Waals surface area (Å²) in [7, 11) is 0. The Labute approximate surface area is 96.4 Å². The molecular weight excluding hydrogens is 202 g/mol. The van der Waals surface area contributed by atoms with E-state index in [0.29, 0.717) is 6.04 Å². The largest absolute Gasteiger partial charge is 0.392 e. The zero-order valence-electron chi connectivity index (χ0n) is 9.48. The molecule has 16 heavy (non-hydrogen) atoms. The number of aliphatic hydroxyl groups is 1. The number of hydrogen-bond acceptors (Lipinski definition) is 3. The SMILES string of the molecule is OCc1ccc(CNC2CCOCC2)cc1. The smallest absolute Gasteiger partial charge is 0.0681 e. The Hall–Kier alpha value is -0.900. The first-order valence-electron chi connectivity index (χ1n) is 5.88. The number of benzene rings is 1. The van der Waals surface area contributed by atoms with Gasteiger partial charge in [0.1, 0.15) is 0 Å². The molecule has 1 aliphatic rings. The number of hydrogen-bond donors (Lipinski definition) is 2. The minimum absolute atomic E-state index is 0.119. The predicted octanol–water partition coefficient (Wildman–Crippen LogP) is 1.45. The first kappa shape index (κ1) is 11.6. The van der Waals surface area contributed by atoms with Crippen LogP contribution in [0.4, 0.5) is 0 Å². The van der Waals surface area contributed by atoms with Gasteiger partial charge in [-0.1, -0.05) is 24.3 Å². The van der Waals surface area contributed by atoms with Gasteiger partial charge in [-0.3, -0.25) is 0 Å². The molecule has 0 atom stereocenters. The fraction of sp³-hybridized carbons (Fsp3) is 0.538. The van der Waals surface area contributed by atoms with Crippen LogP contribution in [0.3, 0.4) is 0 Å². The van der Waals surface area contributed by atoms with Gasteiger partial charge in [-0.2, -0.15) is 0 Å². The predicted molar refractivity (Wildman–Crippen MR) is 63.0 cm³/mol. The molecule has 2 rings (SSSR count). The molecule has 3 nitrogen and oxygen atoms in total. The van der Waals surface area contributed by atoms with Crippen molar-refractivity contribution in [2.24, 2.45) is 0 Å². The second kappa shape index (κ2) is 5.99. The zero-order valence-corrected chi connectivity index (χ0v) is 9.48. The maximum atomic E-state index is 8.93. The standard InChI is InChI=1S/C13H19NO2/c15-10-12-3-1-11(2-4-12)9-14-13-5-7-16-8-6-13/h1-4,13-15H,5-10H2. The fourth-order valence-corrected chi connectivity index (χ4v) is 1.93. The van der Waals surface area contributed by atoms with Gasteiger partial charge in [-0.15, -0.1) is 0 Å². The summed E-state index contributed by atoms with van der Waals surface area (Å²) in [6, 6.07) is 8.67. The summed E-state index contributed by atoms with van der Waals surface area (Å²) in [5.41, 5.74) is 2.23. The summed E-state index contributed by atoms with van der Waals surface area (Å²) in [4.78, 5) is 0. The molecule has 0 saturated carbocycles. The second-order valence-corrected chi connectivity index (χ2v) is 4.24. The summed E-state index contributed by atoms with van der Waals surface area (Å²) in [6.45, 7) is 2.77. The molecule has 0 radical (unpaired) electrons. The van der Waals surface area contributed by atoms with Gasteiger partial charge >= 0.3 is 0 Å². The van der Waals surface area contributed by atoms with Crippen LogP contribution in [0, 0.1) is 0 Å². The van der Waals surface area contributed by atoms with Crippen LogP contribution >= 0.6 is 0 Å². The third kappa shape index (κ3) is 3.30. The Morgan fingerprint density at radius 1 is 1.12 bits per heavy atom. The molecule has 0 amide bonds. The monoisotopic (exact) mass is 221 g/mol. The Morgan fingerprint density at radius 3 is 2.38 bits per heavy atom. The molecule has 1 aliphatic heterocycles. The average molecular weight is 221 g/mol. The molecule has 0 aliphatic carbocycles. The highest BCUT2D eigenvalue weighted by atomic mass is 16.5. The lowest BCUT2D eigenvalue weighted by Crippen LogP contribution is -2.34. The van der Waals surface area contributed by atoms with E-state index >= 15 is 0 Å². The average Bonchev–Trinajstić information content (AvgIpc) is 2.38. The van der Waals surface area contributed by atoms with Gasteiger partial charge in [0, 0.05) is 25.8 Å². The van der Waals surface area contributed by atoms with Crippen LogP contribution < -0.4 is 5.32 Å². The van der Waals surface area contributed by atoms with Gasteiger partial charge in [-0.05, 0) is 24.0 Å². The summed E-state index contributed by atoms with van der Waals surface area (Å²) in [6.07, 6.45) is 2.21. The molecule has 2 N–H and O–H groups in total. The molecule has 0 aromatic heterocycles. The Balaban J connectivity index is 1.79. The molecule has 3 heteroatoms. The molecule has 0 bridgehead atoms. The van der Waals surface area contributed by atoms with Crippen molar-refractivity contribution in [3.8, 4) is 0 Å². The molecule has 1 fully saturated rings. The normalized spacial score (nSPS) is 17.6. The maximum absolute atomic E-state index is 8.93. The van der Waals surface area contributed by atoms with Crippen molar-refractivity contribution in [2.45, 2.75) is 32.0 Å². The quantitative estimate of drug-likeness (QED) is 0.808. The van der Waals surface area contributed by atoms with Crippen LogP contribution in [0.15, 0.2) is 24.3 Å². The first-order valence-corrected chi connectivity index (χ1v) is 5.88. The number of rotatable bonds is 4. The lowest BCUT2D eigenvalue weighted by atomic mass is 10.1. The van der Waals surface area contributed by atoms with Gasteiger partial charge in [0.15, 0.2) is 0 Å². The van der Waals surface area contributed by atoms with Gasteiger partial charge in [0.05, 0.1) is 6.61 Å². The van der Waals surface area contributed by atoms with E-state index in [1.807, 2.05) is 12.1 Å². The van der Waals surface area contributed by atoms with Crippen molar-refractivity contribution >= 4 is 0 Å². The lowest BCUT2D eigenvalue weighted by molar-refractivity contribution is 0.0776. The molecule has 0 unspecified atom stereocenters. The van der Waals surface area contributed by atoms with Crippen molar-refractivity contribution in [2.75, 3.05) is 13.2 Å². The minimum atomic E-state index is 0.119. The Bertz CT molecular complexity index is 304. The summed E-state index contributed by atoms with van der Waals surface area (Å²) in [5, 5.41) is 12.5. The van der Waals surface area contributed by atoms with Crippen molar-refractivity contribution in [1.82, 2.24) is 5.32 Å². The molecular formula is C13H19NO2. The zero-order chi connectivity index (χ0) is 11.2. The van der Waals surface area contributed by atoms with Crippen molar-refractivity contribution in [3.05, 3.63) is 35.4 Å². The topological polar surface area (TPSA) is 41.5 Å². The maximum Gasteiger partial charge on any atom is 0.0681 e. The number of nitrogens with one attached hydrogen (secondary N) is 1. The lowest BCUT2D eigenvalue weighted by Gasteiger charge is -2.23. The molecule has 0 spiro atoms. The van der Waals surface area contributed by atoms with Gasteiger partial charge in [0.2, 0.25) is 0 Å². The fourth-order valence-electron chi connectivity index (χ4n) is 1.93. The van der Waals surface area contributed by atoms with E-state index in [4.69, 9.17) is 9.84 Å². The molecule has 1 saturated heterocycles. The second-order valence-electron chi connectivity index (χ2n) is 4.24. The first-order chi connectivity index (χ1) is 7.88. The van der Waals surface area contributed by atoms with E-state index in [9.17, 15) is 0 Å². The third-order valence-electron chi connectivity index (χ3n) is 3.02. The Kier molecular flexibility index (Phi) is 4.34.